The summed E-state index contributed by atoms with van der Waals surface area (Å²) in [5.74, 6) is -0.504. The van der Waals surface area contributed by atoms with Crippen molar-refractivity contribution in [2.24, 2.45) is 10.7 Å². The molecule has 1 amide bonds. The molecule has 2 aliphatic heterocycles. The Morgan fingerprint density at radius 1 is 1.58 bits per heavy atom. The Morgan fingerprint density at radius 2 is 2.26 bits per heavy atom. The molecule has 0 bridgehead atoms. The van der Waals surface area contributed by atoms with Gasteiger partial charge in [-0.3, -0.25) is 10.1 Å². The van der Waals surface area contributed by atoms with Crippen molar-refractivity contribution in [3.63, 3.8) is 0 Å². The second kappa shape index (κ2) is 5.18. The van der Waals surface area contributed by atoms with Gasteiger partial charge in [0.2, 0.25) is 0 Å². The molecule has 2 heterocycles. The first-order valence-electron chi connectivity index (χ1n) is 6.57. The summed E-state index contributed by atoms with van der Waals surface area (Å²) in [6.45, 7) is 4.57. The number of nitrogens with one attached hydrogen (secondary N) is 2. The summed E-state index contributed by atoms with van der Waals surface area (Å²) < 4.78 is 0. The molecule has 0 aromatic carbocycles. The average molecular weight is 267 g/mol. The first-order chi connectivity index (χ1) is 9.06. The van der Waals surface area contributed by atoms with Gasteiger partial charge in [0.15, 0.2) is 0 Å². The second-order valence-corrected chi connectivity index (χ2v) is 4.79. The molecule has 0 saturated carbocycles. The minimum atomic E-state index is -0.504. The number of nitrogens with zero attached hydrogens (tertiary/aromatic N) is 2. The summed E-state index contributed by atoms with van der Waals surface area (Å²) in [5.41, 5.74) is 6.03. The van der Waals surface area contributed by atoms with Crippen LogP contribution in [0, 0.1) is 0 Å². The molecule has 0 aromatic heterocycles. The Labute approximate surface area is 112 Å². The first-order valence-corrected chi connectivity index (χ1v) is 6.57. The van der Waals surface area contributed by atoms with Crippen molar-refractivity contribution >= 4 is 12.2 Å². The molecular weight excluding hydrogens is 246 g/mol. The van der Waals surface area contributed by atoms with Gasteiger partial charge in [0, 0.05) is 6.54 Å². The van der Waals surface area contributed by atoms with Gasteiger partial charge in [-0.1, -0.05) is 13.8 Å². The lowest BCUT2D eigenvalue weighted by Gasteiger charge is -2.44. The molecule has 106 valence electrons. The van der Waals surface area contributed by atoms with Gasteiger partial charge in [-0.05, 0) is 12.8 Å². The van der Waals surface area contributed by atoms with E-state index in [0.717, 1.165) is 12.8 Å². The van der Waals surface area contributed by atoms with Crippen molar-refractivity contribution < 1.29 is 9.90 Å². The van der Waals surface area contributed by atoms with Gasteiger partial charge in [-0.25, -0.2) is 4.99 Å². The molecule has 7 heteroatoms. The Morgan fingerprint density at radius 3 is 2.79 bits per heavy atom. The number of rotatable bonds is 5. The van der Waals surface area contributed by atoms with Crippen molar-refractivity contribution in [1.29, 1.82) is 0 Å². The van der Waals surface area contributed by atoms with Crippen LogP contribution in [0.15, 0.2) is 16.4 Å². The maximum atomic E-state index is 11.6. The fraction of sp³-hybridized carbons (Fsp3) is 0.667. The third kappa shape index (κ3) is 2.31. The first kappa shape index (κ1) is 13.8. The van der Waals surface area contributed by atoms with E-state index in [1.807, 2.05) is 18.7 Å². The molecular formula is C12H21N5O2. The molecule has 0 radical (unpaired) electrons. The van der Waals surface area contributed by atoms with E-state index in [2.05, 4.69) is 15.6 Å². The van der Waals surface area contributed by atoms with Crippen molar-refractivity contribution in [2.75, 3.05) is 13.2 Å². The van der Waals surface area contributed by atoms with Gasteiger partial charge in [0.25, 0.3) is 5.91 Å². The summed E-state index contributed by atoms with van der Waals surface area (Å²) in [6, 6.07) is 0. The highest BCUT2D eigenvalue weighted by Crippen LogP contribution is 2.28. The molecule has 2 rings (SSSR count). The van der Waals surface area contributed by atoms with E-state index in [4.69, 9.17) is 10.8 Å². The van der Waals surface area contributed by atoms with E-state index in [-0.39, 0.29) is 18.4 Å². The number of aliphatic hydroxyl groups is 1. The topological polar surface area (TPSA) is 103 Å². The summed E-state index contributed by atoms with van der Waals surface area (Å²) in [4.78, 5) is 17.7. The molecule has 0 aliphatic carbocycles. The molecule has 5 N–H and O–H groups in total. The normalized spacial score (nSPS) is 24.4. The van der Waals surface area contributed by atoms with Gasteiger partial charge >= 0.3 is 0 Å². The van der Waals surface area contributed by atoms with Crippen molar-refractivity contribution in [1.82, 2.24) is 15.5 Å². The quantitative estimate of drug-likeness (QED) is 0.514. The third-order valence-electron chi connectivity index (χ3n) is 3.78. The number of hydrogen-bond acceptors (Lipinski definition) is 6. The fourth-order valence-electron chi connectivity index (χ4n) is 2.51. The van der Waals surface area contributed by atoms with Crippen molar-refractivity contribution in [3.8, 4) is 0 Å². The monoisotopic (exact) mass is 267 g/mol. The number of amides is 1. The minimum Gasteiger partial charge on any atom is -0.395 e. The number of nitrogens with two attached hydrogens (primary N) is 1. The predicted octanol–water partition coefficient (Wildman–Crippen LogP) is -0.945. The van der Waals surface area contributed by atoms with Gasteiger partial charge in [-0.2, -0.15) is 0 Å². The van der Waals surface area contributed by atoms with Crippen LogP contribution in [-0.4, -0.2) is 47.2 Å². The number of hydrogen-bond donors (Lipinski definition) is 4. The van der Waals surface area contributed by atoms with Crippen LogP contribution < -0.4 is 16.4 Å². The number of carbonyl (C=O) groups is 1. The highest BCUT2D eigenvalue weighted by molar-refractivity contribution is 5.93. The molecule has 7 nitrogen and oxygen atoms in total. The van der Waals surface area contributed by atoms with Crippen LogP contribution in [0.25, 0.3) is 0 Å². The van der Waals surface area contributed by atoms with Crippen LogP contribution in [0.1, 0.15) is 26.7 Å². The van der Waals surface area contributed by atoms with Crippen LogP contribution in [0.5, 0.6) is 0 Å². The largest absolute Gasteiger partial charge is 0.395 e. The summed E-state index contributed by atoms with van der Waals surface area (Å²) in [5, 5.41) is 15.7. The molecule has 19 heavy (non-hydrogen) atoms. The highest BCUT2D eigenvalue weighted by Gasteiger charge is 2.42. The zero-order chi connectivity index (χ0) is 14.0. The maximum absolute atomic E-state index is 11.6. The van der Waals surface area contributed by atoms with E-state index in [1.165, 1.54) is 0 Å². The fourth-order valence-corrected chi connectivity index (χ4v) is 2.51. The van der Waals surface area contributed by atoms with Crippen LogP contribution in [0.2, 0.25) is 0 Å². The lowest BCUT2D eigenvalue weighted by atomic mass is 9.98. The minimum absolute atomic E-state index is 0.0298. The lowest BCUT2D eigenvalue weighted by molar-refractivity contribution is -0.115. The Kier molecular flexibility index (Phi) is 3.77. The standard InChI is InChI=1S/C12H21N5O2/c1-3-12(4-2)15-8(10(13)19)9-11(16-12)17(5-6-18)7-14-9/h7,11,15-16,18H,3-6H2,1-2H3,(H2,13,19). The van der Waals surface area contributed by atoms with Gasteiger partial charge in [0.05, 0.1) is 18.6 Å². The van der Waals surface area contributed by atoms with Gasteiger partial charge in [-0.15, -0.1) is 0 Å². The average Bonchev–Trinajstić information content (AvgIpc) is 2.81. The van der Waals surface area contributed by atoms with Gasteiger partial charge < -0.3 is 21.1 Å². The number of fused-ring (bicyclic) bond motifs is 1. The van der Waals surface area contributed by atoms with Gasteiger partial charge in [0.1, 0.15) is 17.6 Å². The van der Waals surface area contributed by atoms with Crippen molar-refractivity contribution in [3.05, 3.63) is 11.4 Å². The third-order valence-corrected chi connectivity index (χ3v) is 3.78. The number of aliphatic imine (C=N–C) groups is 1. The zero-order valence-corrected chi connectivity index (χ0v) is 11.3. The van der Waals surface area contributed by atoms with Crippen LogP contribution in [0.3, 0.4) is 0 Å². The lowest BCUT2D eigenvalue weighted by Crippen LogP contribution is -2.66. The van der Waals surface area contributed by atoms with E-state index in [1.54, 1.807) is 6.34 Å². The maximum Gasteiger partial charge on any atom is 0.266 e. The molecule has 1 unspecified atom stereocenters. The summed E-state index contributed by atoms with van der Waals surface area (Å²) in [6.07, 6.45) is 3.03. The molecule has 1 atom stereocenters. The SMILES string of the molecule is CCC1(CC)NC(C(N)=O)=C2N=CN(CCO)C2N1. The highest BCUT2D eigenvalue weighted by atomic mass is 16.3. The van der Waals surface area contributed by atoms with E-state index in [9.17, 15) is 4.79 Å². The van der Waals surface area contributed by atoms with E-state index < -0.39 is 5.91 Å². The number of primary amides is 1. The predicted molar refractivity (Wildman–Crippen MR) is 71.9 cm³/mol. The Balaban J connectivity index is 2.37. The number of aliphatic hydroxyl groups excluding tert-OH is 1. The van der Waals surface area contributed by atoms with Crippen LogP contribution in [0.4, 0.5) is 0 Å². The summed E-state index contributed by atoms with van der Waals surface area (Å²) in [7, 11) is 0. The number of carbonyl (C=O) groups excluding carboxylic acids is 1. The summed E-state index contributed by atoms with van der Waals surface area (Å²) >= 11 is 0. The molecule has 0 aromatic rings. The van der Waals surface area contributed by atoms with Crippen molar-refractivity contribution in [2.45, 2.75) is 38.5 Å². The molecule has 0 saturated heterocycles. The van der Waals surface area contributed by atoms with Crippen LogP contribution >= 0.6 is 0 Å². The Hall–Kier alpha value is -1.60. The molecule has 0 spiro atoms. The zero-order valence-electron chi connectivity index (χ0n) is 11.3. The van der Waals surface area contributed by atoms with Crippen LogP contribution in [-0.2, 0) is 4.79 Å². The second-order valence-electron chi connectivity index (χ2n) is 4.79. The molecule has 2 aliphatic rings. The van der Waals surface area contributed by atoms with E-state index in [0.29, 0.717) is 17.9 Å². The Bertz CT molecular complexity index is 428. The molecule has 0 fully saturated rings. The smallest absolute Gasteiger partial charge is 0.266 e. The number of β-amino-alcohol motifs (C(OH)–C–C–N with tert-alkyl or cyclic N) is 1. The van der Waals surface area contributed by atoms with E-state index >= 15 is 0 Å².